The molecule has 4 aliphatic heterocycles. The molecule has 4 fully saturated rings. The quantitative estimate of drug-likeness (QED) is 0.311. The van der Waals surface area contributed by atoms with Crippen LogP contribution in [-0.4, -0.2) is 151 Å². The molecule has 6 rings (SSSR count). The molecule has 0 bridgehead atoms. The largest absolute Gasteiger partial charge is 0.416 e. The number of aryl methyl sites for hydroxylation is 2. The number of hydrogen-bond donors (Lipinski definition) is 4. The minimum Gasteiger partial charge on any atom is -0.388 e. The highest BCUT2D eigenvalue weighted by Gasteiger charge is 2.52. The predicted octanol–water partition coefficient (Wildman–Crippen LogP) is 1.44. The summed E-state index contributed by atoms with van der Waals surface area (Å²) in [5.41, 5.74) is 1.45. The van der Waals surface area contributed by atoms with Crippen LogP contribution in [0, 0.1) is 13.8 Å². The first-order chi connectivity index (χ1) is 24.1. The highest BCUT2D eigenvalue weighted by Crippen LogP contribution is 2.37. The third-order valence-corrected chi connectivity index (χ3v) is 11.2. The predicted molar refractivity (Wildman–Crippen MR) is 175 cm³/mol. The fourth-order valence-electron chi connectivity index (χ4n) is 7.85. The summed E-state index contributed by atoms with van der Waals surface area (Å²) in [4.78, 5) is 28.3. The van der Waals surface area contributed by atoms with Crippen LogP contribution in [0.5, 0.6) is 0 Å². The summed E-state index contributed by atoms with van der Waals surface area (Å²) in [5, 5.41) is 41.9. The summed E-state index contributed by atoms with van der Waals surface area (Å²) < 4.78 is 57.6. The molecule has 1 aromatic carbocycles. The van der Waals surface area contributed by atoms with Gasteiger partial charge in [0.25, 0.3) is 5.91 Å². The zero-order valence-corrected chi connectivity index (χ0v) is 29.2. The van der Waals surface area contributed by atoms with Gasteiger partial charge in [-0.05, 0) is 58.2 Å². The lowest BCUT2D eigenvalue weighted by Gasteiger charge is -2.53. The number of benzene rings is 1. The standard InChI is InChI=1S/C35H48F3N5O8/c1-19-15-42(34(4)9-11-41(12-10-34)32(48)26-20(2)39-18-40-21(26)3)13-14-43(19)24(22-5-7-23(8-6-22)35(36,37)38)16-50-33-29(47)27(45)28(46)31(51-33)30-25(44)17-49-30/h5-8,18-19,24-25,27-31,33,44-47H,9-17H2,1-4H3/t19-,24-,25?,27?,28?,29?,30?,31?,33?/m0/s1. The first-order valence-corrected chi connectivity index (χ1v) is 17.5. The van der Waals surface area contributed by atoms with Crippen LogP contribution in [0.2, 0.25) is 0 Å². The summed E-state index contributed by atoms with van der Waals surface area (Å²) in [6, 6.07) is 4.27. The van der Waals surface area contributed by atoms with Crippen LogP contribution < -0.4 is 0 Å². The van der Waals surface area contributed by atoms with Crippen molar-refractivity contribution >= 4 is 5.91 Å². The Morgan fingerprint density at radius 2 is 1.63 bits per heavy atom. The average molecular weight is 724 g/mol. The normalized spacial score (nSPS) is 32.7. The van der Waals surface area contributed by atoms with E-state index < -0.39 is 60.7 Å². The number of piperazine rings is 1. The number of carbonyl (C=O) groups is 1. The Morgan fingerprint density at radius 1 is 0.980 bits per heavy atom. The number of nitrogens with zero attached hydrogens (tertiary/aromatic N) is 5. The van der Waals surface area contributed by atoms with Gasteiger partial charge < -0.3 is 39.5 Å². The molecule has 0 spiro atoms. The van der Waals surface area contributed by atoms with E-state index in [-0.39, 0.29) is 30.7 Å². The van der Waals surface area contributed by atoms with Crippen molar-refractivity contribution in [3.63, 3.8) is 0 Å². The van der Waals surface area contributed by atoms with Crippen LogP contribution in [-0.2, 0) is 20.4 Å². The van der Waals surface area contributed by atoms with Crippen molar-refractivity contribution in [2.45, 2.75) is 107 Å². The van der Waals surface area contributed by atoms with E-state index in [1.807, 2.05) is 25.7 Å². The lowest BCUT2D eigenvalue weighted by molar-refractivity contribution is -0.337. The van der Waals surface area contributed by atoms with Gasteiger partial charge in [-0.25, -0.2) is 9.97 Å². The average Bonchev–Trinajstić information content (AvgIpc) is 3.09. The van der Waals surface area contributed by atoms with E-state index in [9.17, 15) is 38.4 Å². The molecule has 1 aromatic heterocycles. The molecule has 4 saturated heterocycles. The summed E-state index contributed by atoms with van der Waals surface area (Å²) in [5.74, 6) is -0.0676. The molecule has 51 heavy (non-hydrogen) atoms. The zero-order chi connectivity index (χ0) is 36.8. The number of aliphatic hydroxyl groups is 4. The molecule has 0 saturated carbocycles. The van der Waals surface area contributed by atoms with Crippen molar-refractivity contribution in [2.24, 2.45) is 0 Å². The number of ether oxygens (including phenoxy) is 3. The number of likely N-dealkylation sites (tertiary alicyclic amines) is 1. The Hall–Kier alpha value is -2.80. The number of hydrogen-bond acceptors (Lipinski definition) is 12. The lowest BCUT2D eigenvalue weighted by Crippen LogP contribution is -2.66. The molecule has 282 valence electrons. The number of rotatable bonds is 8. The van der Waals surface area contributed by atoms with Gasteiger partial charge in [-0.15, -0.1) is 0 Å². The molecule has 0 radical (unpaired) electrons. The number of carbonyl (C=O) groups excluding carboxylic acids is 1. The minimum atomic E-state index is -4.51. The molecule has 0 aliphatic carbocycles. The van der Waals surface area contributed by atoms with Crippen LogP contribution in [0.3, 0.4) is 0 Å². The van der Waals surface area contributed by atoms with Gasteiger partial charge in [-0.1, -0.05) is 12.1 Å². The van der Waals surface area contributed by atoms with E-state index in [1.54, 1.807) is 0 Å². The third kappa shape index (κ3) is 7.66. The van der Waals surface area contributed by atoms with Gasteiger partial charge in [-0.2, -0.15) is 13.2 Å². The van der Waals surface area contributed by atoms with E-state index in [1.165, 1.54) is 18.5 Å². The summed E-state index contributed by atoms with van der Waals surface area (Å²) in [6.07, 6.45) is -10.8. The molecule has 7 unspecified atom stereocenters. The molecular formula is C35H48F3N5O8. The monoisotopic (exact) mass is 723 g/mol. The van der Waals surface area contributed by atoms with Crippen LogP contribution in [0.15, 0.2) is 30.6 Å². The second-order valence-electron chi connectivity index (χ2n) is 14.5. The van der Waals surface area contributed by atoms with Crippen LogP contribution in [0.4, 0.5) is 13.2 Å². The summed E-state index contributed by atoms with van der Waals surface area (Å²) in [7, 11) is 0. The summed E-state index contributed by atoms with van der Waals surface area (Å²) >= 11 is 0. The van der Waals surface area contributed by atoms with Gasteiger partial charge in [-0.3, -0.25) is 14.6 Å². The van der Waals surface area contributed by atoms with Gasteiger partial charge in [0, 0.05) is 44.3 Å². The van der Waals surface area contributed by atoms with Crippen molar-refractivity contribution in [2.75, 3.05) is 45.9 Å². The SMILES string of the molecule is Cc1ncnc(C)c1C(=O)N1CCC(C)(N2CCN([C@@H](COC3OC(C4OCC4O)C(O)C(O)C3O)c3ccc(C(F)(F)F)cc3)[C@@H](C)C2)CC1. The van der Waals surface area contributed by atoms with Crippen molar-refractivity contribution in [1.82, 2.24) is 24.7 Å². The Kier molecular flexibility index (Phi) is 11.1. The maximum Gasteiger partial charge on any atom is 0.416 e. The number of aromatic nitrogens is 2. The zero-order valence-electron chi connectivity index (χ0n) is 29.2. The van der Waals surface area contributed by atoms with Crippen molar-refractivity contribution in [3.05, 3.63) is 58.7 Å². The number of halogens is 3. The van der Waals surface area contributed by atoms with Crippen LogP contribution in [0.25, 0.3) is 0 Å². The van der Waals surface area contributed by atoms with Crippen LogP contribution in [0.1, 0.15) is 65.6 Å². The Morgan fingerprint density at radius 3 is 2.18 bits per heavy atom. The Labute approximate surface area is 294 Å². The van der Waals surface area contributed by atoms with Gasteiger partial charge >= 0.3 is 6.18 Å². The van der Waals surface area contributed by atoms with Gasteiger partial charge in [0.15, 0.2) is 6.29 Å². The molecular weight excluding hydrogens is 675 g/mol. The van der Waals surface area contributed by atoms with E-state index in [0.29, 0.717) is 55.2 Å². The number of alkyl halides is 3. The topological polar surface area (TPSA) is 161 Å². The molecule has 2 aromatic rings. The van der Waals surface area contributed by atoms with Gasteiger partial charge in [0.2, 0.25) is 0 Å². The highest BCUT2D eigenvalue weighted by atomic mass is 19.4. The maximum absolute atomic E-state index is 13.5. The fourth-order valence-corrected chi connectivity index (χ4v) is 7.85. The van der Waals surface area contributed by atoms with Crippen LogP contribution >= 0.6 is 0 Å². The second-order valence-corrected chi connectivity index (χ2v) is 14.5. The Balaban J connectivity index is 1.15. The van der Waals surface area contributed by atoms with Gasteiger partial charge in [0.1, 0.15) is 43.0 Å². The van der Waals surface area contributed by atoms with E-state index in [2.05, 4.69) is 26.7 Å². The molecule has 4 N–H and O–H groups in total. The molecule has 4 aliphatic rings. The third-order valence-electron chi connectivity index (χ3n) is 11.2. The van der Waals surface area contributed by atoms with Crippen molar-refractivity contribution in [3.8, 4) is 0 Å². The fraction of sp³-hybridized carbons (Fsp3) is 0.686. The van der Waals surface area contributed by atoms with Crippen molar-refractivity contribution in [1.29, 1.82) is 0 Å². The van der Waals surface area contributed by atoms with E-state index in [0.717, 1.165) is 25.0 Å². The summed E-state index contributed by atoms with van der Waals surface area (Å²) in [6.45, 7) is 10.8. The molecule has 1 amide bonds. The maximum atomic E-state index is 13.5. The highest BCUT2D eigenvalue weighted by molar-refractivity contribution is 5.96. The smallest absolute Gasteiger partial charge is 0.388 e. The van der Waals surface area contributed by atoms with Gasteiger partial charge in [0.05, 0.1) is 41.8 Å². The van der Waals surface area contributed by atoms with E-state index in [4.69, 9.17) is 14.2 Å². The molecule has 13 nitrogen and oxygen atoms in total. The Bertz CT molecular complexity index is 1510. The first kappa shape index (κ1) is 37.9. The minimum absolute atomic E-state index is 0.0409. The lowest BCUT2D eigenvalue weighted by atomic mass is 9.86. The molecule has 9 atom stereocenters. The van der Waals surface area contributed by atoms with E-state index >= 15 is 0 Å². The first-order valence-electron chi connectivity index (χ1n) is 17.5. The molecule has 5 heterocycles. The number of amides is 1. The number of piperidine rings is 1. The molecule has 16 heteroatoms. The van der Waals surface area contributed by atoms with Crippen molar-refractivity contribution < 1.29 is 52.6 Å². The second kappa shape index (κ2) is 14.9. The number of aliphatic hydroxyl groups excluding tert-OH is 4.